The highest BCUT2D eigenvalue weighted by Gasteiger charge is 1.99. The van der Waals surface area contributed by atoms with Crippen molar-refractivity contribution in [2.24, 2.45) is 0 Å². The summed E-state index contributed by atoms with van der Waals surface area (Å²) in [6.07, 6.45) is 0.875. The summed E-state index contributed by atoms with van der Waals surface area (Å²) in [6.45, 7) is 5.55. The largest absolute Gasteiger partial charge is 0.396 e. The first kappa shape index (κ1) is 13.5. The Balaban J connectivity index is 0. The van der Waals surface area contributed by atoms with Gasteiger partial charge in [-0.2, -0.15) is 0 Å². The predicted octanol–water partition coefficient (Wildman–Crippen LogP) is 0.830. The predicted molar refractivity (Wildman–Crippen MR) is 47.4 cm³/mol. The van der Waals surface area contributed by atoms with Gasteiger partial charge in [0.2, 0.25) is 0 Å². The van der Waals surface area contributed by atoms with E-state index in [1.165, 1.54) is 0 Å². The van der Waals surface area contributed by atoms with E-state index >= 15 is 0 Å². The third-order valence-electron chi connectivity index (χ3n) is 1.10. The van der Waals surface area contributed by atoms with E-state index in [1.54, 1.807) is 13.8 Å². The minimum Gasteiger partial charge on any atom is -0.396 e. The van der Waals surface area contributed by atoms with Gasteiger partial charge < -0.3 is 5.11 Å². The van der Waals surface area contributed by atoms with Gasteiger partial charge in [-0.15, -0.1) is 0 Å². The quantitative estimate of drug-likeness (QED) is 0.703. The summed E-state index contributed by atoms with van der Waals surface area (Å²) in [4.78, 5) is 0. The summed E-state index contributed by atoms with van der Waals surface area (Å²) in [7, 11) is -2.66. The van der Waals surface area contributed by atoms with E-state index in [0.717, 1.165) is 6.42 Å². The Morgan fingerprint density at radius 2 is 1.36 bits per heavy atom. The lowest BCUT2D eigenvalue weighted by atomic mass is 10.5. The smallest absolute Gasteiger partial charge is 0.149 e. The summed E-state index contributed by atoms with van der Waals surface area (Å²) in [5.41, 5.74) is 0. The maximum atomic E-state index is 10.4. The molecule has 0 aromatic heterocycles. The molecule has 0 aliphatic heterocycles. The van der Waals surface area contributed by atoms with Crippen LogP contribution < -0.4 is 0 Å². The monoisotopic (exact) mass is 182 g/mol. The van der Waals surface area contributed by atoms with Crippen molar-refractivity contribution in [1.29, 1.82) is 0 Å². The molecule has 0 amide bonds. The van der Waals surface area contributed by atoms with Gasteiger partial charge in [-0.25, -0.2) is 8.42 Å². The fraction of sp³-hybridized carbons (Fsp3) is 1.00. The molecule has 0 saturated carbocycles. The molecular formula is C7H18O3S. The van der Waals surface area contributed by atoms with Gasteiger partial charge >= 0.3 is 0 Å². The third kappa shape index (κ3) is 13.0. The molecule has 11 heavy (non-hydrogen) atoms. The Labute approximate surface area is 69.4 Å². The van der Waals surface area contributed by atoms with Crippen molar-refractivity contribution >= 4 is 9.84 Å². The van der Waals surface area contributed by atoms with E-state index in [4.69, 9.17) is 5.11 Å². The molecule has 1 N–H and O–H groups in total. The van der Waals surface area contributed by atoms with Crippen LogP contribution >= 0.6 is 0 Å². The van der Waals surface area contributed by atoms with Crippen molar-refractivity contribution in [3.05, 3.63) is 0 Å². The van der Waals surface area contributed by atoms with Gasteiger partial charge in [-0.1, -0.05) is 20.8 Å². The van der Waals surface area contributed by atoms with Crippen LogP contribution in [0.25, 0.3) is 0 Å². The summed E-state index contributed by atoms with van der Waals surface area (Å²) in [6, 6.07) is 0. The first-order chi connectivity index (χ1) is 5.04. The lowest BCUT2D eigenvalue weighted by Crippen LogP contribution is -2.04. The van der Waals surface area contributed by atoms with Gasteiger partial charge in [0.15, 0.2) is 0 Å². The molecule has 0 aliphatic rings. The maximum absolute atomic E-state index is 10.4. The molecule has 0 aromatic carbocycles. The maximum Gasteiger partial charge on any atom is 0.149 e. The number of aliphatic hydroxyl groups excluding tert-OH is 1. The third-order valence-corrected chi connectivity index (χ3v) is 2.86. The Morgan fingerprint density at radius 1 is 1.09 bits per heavy atom. The van der Waals surface area contributed by atoms with Gasteiger partial charge in [0, 0.05) is 18.1 Å². The summed E-state index contributed by atoms with van der Waals surface area (Å²) in [5.74, 6) is 0.535. The molecule has 0 unspecified atom stereocenters. The summed E-state index contributed by atoms with van der Waals surface area (Å²) in [5, 5.41) is 7.88. The van der Waals surface area contributed by atoms with Gasteiger partial charge in [0.1, 0.15) is 9.84 Å². The number of sulfone groups is 1. The molecule has 0 bridgehead atoms. The van der Waals surface area contributed by atoms with Crippen molar-refractivity contribution in [2.75, 3.05) is 18.1 Å². The van der Waals surface area contributed by atoms with Gasteiger partial charge in [0.05, 0.1) is 0 Å². The van der Waals surface area contributed by atoms with Crippen molar-refractivity contribution in [1.82, 2.24) is 0 Å². The highest BCUT2D eigenvalue weighted by molar-refractivity contribution is 7.91. The average molecular weight is 182 g/mol. The second-order valence-corrected chi connectivity index (χ2v) is 4.69. The number of hydrogen-bond acceptors (Lipinski definition) is 3. The van der Waals surface area contributed by atoms with Gasteiger partial charge in [-0.3, -0.25) is 0 Å². The zero-order chi connectivity index (χ0) is 9.33. The molecule has 3 nitrogen and oxygen atoms in total. The van der Waals surface area contributed by atoms with Gasteiger partial charge in [0.25, 0.3) is 0 Å². The van der Waals surface area contributed by atoms with Crippen molar-refractivity contribution in [2.45, 2.75) is 27.2 Å². The van der Waals surface area contributed by atoms with Crippen molar-refractivity contribution < 1.29 is 13.5 Å². The minimum absolute atomic E-state index is 0.267. The minimum atomic E-state index is -2.66. The Morgan fingerprint density at radius 3 is 1.36 bits per heavy atom. The number of aliphatic hydroxyl groups is 1. The van der Waals surface area contributed by atoms with Crippen LogP contribution in [0.5, 0.6) is 0 Å². The van der Waals surface area contributed by atoms with Crippen LogP contribution in [-0.4, -0.2) is 31.6 Å². The molecule has 0 atom stereocenters. The van der Waals surface area contributed by atoms with Crippen LogP contribution in [0, 0.1) is 0 Å². The lowest BCUT2D eigenvalue weighted by Gasteiger charge is -1.89. The van der Waals surface area contributed by atoms with Crippen LogP contribution in [0.4, 0.5) is 0 Å². The molecule has 0 aliphatic carbocycles. The Hall–Kier alpha value is -0.0900. The summed E-state index contributed by atoms with van der Waals surface area (Å²) < 4.78 is 20.7. The normalized spacial score (nSPS) is 10.2. The number of hydrogen-bond donors (Lipinski definition) is 1. The SMILES string of the molecule is CCCO.CCS(=O)(=O)CC. The number of rotatable bonds is 3. The van der Waals surface area contributed by atoms with Crippen LogP contribution in [0.15, 0.2) is 0 Å². The first-order valence-electron chi connectivity index (χ1n) is 3.85. The molecule has 0 spiro atoms. The zero-order valence-electron chi connectivity index (χ0n) is 7.50. The standard InChI is InChI=1S/C4H10O2S.C3H8O/c1-3-7(5,6)4-2;1-2-3-4/h3-4H2,1-2H3;4H,2-3H2,1H3. The highest BCUT2D eigenvalue weighted by Crippen LogP contribution is 1.84. The van der Waals surface area contributed by atoms with Crippen LogP contribution in [0.1, 0.15) is 27.2 Å². The zero-order valence-corrected chi connectivity index (χ0v) is 8.32. The fourth-order valence-electron chi connectivity index (χ4n) is 0.204. The second-order valence-electron chi connectivity index (χ2n) is 2.04. The fourth-order valence-corrected chi connectivity index (χ4v) is 0.612. The topological polar surface area (TPSA) is 54.4 Å². The van der Waals surface area contributed by atoms with E-state index in [1.807, 2.05) is 6.92 Å². The molecule has 0 fully saturated rings. The van der Waals surface area contributed by atoms with E-state index in [9.17, 15) is 8.42 Å². The van der Waals surface area contributed by atoms with E-state index in [2.05, 4.69) is 0 Å². The molecule has 70 valence electrons. The van der Waals surface area contributed by atoms with Gasteiger partial charge in [-0.05, 0) is 6.42 Å². The molecule has 0 radical (unpaired) electrons. The van der Waals surface area contributed by atoms with E-state index < -0.39 is 9.84 Å². The first-order valence-corrected chi connectivity index (χ1v) is 5.67. The molecular weight excluding hydrogens is 164 g/mol. The van der Waals surface area contributed by atoms with Crippen molar-refractivity contribution in [3.63, 3.8) is 0 Å². The van der Waals surface area contributed by atoms with Crippen molar-refractivity contribution in [3.8, 4) is 0 Å². The van der Waals surface area contributed by atoms with E-state index in [-0.39, 0.29) is 11.5 Å². The molecule has 0 heterocycles. The lowest BCUT2D eigenvalue weighted by molar-refractivity contribution is 0.295. The Bertz CT molecular complexity index is 137. The highest BCUT2D eigenvalue weighted by atomic mass is 32.2. The van der Waals surface area contributed by atoms with Crippen LogP contribution in [0.3, 0.4) is 0 Å². The molecule has 4 heteroatoms. The van der Waals surface area contributed by atoms with E-state index in [0.29, 0.717) is 6.61 Å². The molecule has 0 aromatic rings. The average Bonchev–Trinajstić information content (AvgIpc) is 2.05. The Kier molecular flexibility index (Phi) is 9.83. The van der Waals surface area contributed by atoms with Crippen LogP contribution in [0.2, 0.25) is 0 Å². The molecule has 0 rings (SSSR count). The summed E-state index contributed by atoms with van der Waals surface area (Å²) >= 11 is 0. The molecule has 0 saturated heterocycles. The van der Waals surface area contributed by atoms with Crippen LogP contribution in [-0.2, 0) is 9.84 Å². The second kappa shape index (κ2) is 8.01.